The van der Waals surface area contributed by atoms with E-state index < -0.39 is 0 Å². The molecule has 0 fully saturated rings. The fourth-order valence-electron chi connectivity index (χ4n) is 2.06. The van der Waals surface area contributed by atoms with Crippen molar-refractivity contribution in [1.29, 1.82) is 0 Å². The van der Waals surface area contributed by atoms with Crippen molar-refractivity contribution in [1.82, 2.24) is 24.3 Å². The molecule has 0 aromatic carbocycles. The average molecular weight is 269 g/mol. The minimum atomic E-state index is -0.0654. The Hall–Kier alpha value is -2.47. The Kier molecular flexibility index (Phi) is 3.30. The van der Waals surface area contributed by atoms with Crippen LogP contribution in [0.15, 0.2) is 47.7 Å². The number of fused-ring (bicyclic) bond motifs is 1. The van der Waals surface area contributed by atoms with Crippen molar-refractivity contribution in [2.45, 2.75) is 13.1 Å². The summed E-state index contributed by atoms with van der Waals surface area (Å²) in [4.78, 5) is 20.6. The molecule has 0 unspecified atom stereocenters. The normalized spacial score (nSPS) is 11.1. The van der Waals surface area contributed by atoms with Gasteiger partial charge in [-0.05, 0) is 12.1 Å². The van der Waals surface area contributed by atoms with Gasteiger partial charge in [0.1, 0.15) is 11.5 Å². The SMILES string of the molecule is Cn1ccnc1CNCc1cc(=O)n2ccccc2n1. The van der Waals surface area contributed by atoms with Gasteiger partial charge in [-0.25, -0.2) is 9.97 Å². The molecule has 3 aromatic rings. The highest BCUT2D eigenvalue weighted by atomic mass is 16.1. The van der Waals surface area contributed by atoms with Crippen molar-refractivity contribution in [2.24, 2.45) is 7.05 Å². The van der Waals surface area contributed by atoms with Crippen LogP contribution >= 0.6 is 0 Å². The minimum Gasteiger partial charge on any atom is -0.337 e. The summed E-state index contributed by atoms with van der Waals surface area (Å²) in [6.07, 6.45) is 5.38. The van der Waals surface area contributed by atoms with Crippen molar-refractivity contribution in [3.63, 3.8) is 0 Å². The lowest BCUT2D eigenvalue weighted by Gasteiger charge is -2.06. The van der Waals surface area contributed by atoms with E-state index in [-0.39, 0.29) is 5.56 Å². The first-order valence-electron chi connectivity index (χ1n) is 6.38. The lowest BCUT2D eigenvalue weighted by Crippen LogP contribution is -2.20. The number of nitrogens with zero attached hydrogens (tertiary/aromatic N) is 4. The maximum absolute atomic E-state index is 11.9. The van der Waals surface area contributed by atoms with Gasteiger partial charge in [0.2, 0.25) is 0 Å². The van der Waals surface area contributed by atoms with Crippen LogP contribution in [0.5, 0.6) is 0 Å². The summed E-state index contributed by atoms with van der Waals surface area (Å²) in [5, 5.41) is 3.24. The molecule has 0 radical (unpaired) electrons. The van der Waals surface area contributed by atoms with E-state index >= 15 is 0 Å². The van der Waals surface area contributed by atoms with Gasteiger partial charge in [-0.1, -0.05) is 6.07 Å². The quantitative estimate of drug-likeness (QED) is 0.758. The molecule has 3 rings (SSSR count). The molecule has 20 heavy (non-hydrogen) atoms. The summed E-state index contributed by atoms with van der Waals surface area (Å²) in [6.45, 7) is 1.17. The van der Waals surface area contributed by atoms with E-state index in [4.69, 9.17) is 0 Å². The van der Waals surface area contributed by atoms with Gasteiger partial charge < -0.3 is 9.88 Å². The molecule has 1 N–H and O–H groups in total. The zero-order valence-corrected chi connectivity index (χ0v) is 11.2. The number of aromatic nitrogens is 4. The van der Waals surface area contributed by atoms with Crippen molar-refractivity contribution in [3.8, 4) is 0 Å². The second-order valence-electron chi connectivity index (χ2n) is 4.57. The monoisotopic (exact) mass is 269 g/mol. The molecule has 0 aliphatic heterocycles. The minimum absolute atomic E-state index is 0.0654. The summed E-state index contributed by atoms with van der Waals surface area (Å²) >= 11 is 0. The fourth-order valence-corrected chi connectivity index (χ4v) is 2.06. The molecule has 3 aromatic heterocycles. The van der Waals surface area contributed by atoms with E-state index in [2.05, 4.69) is 15.3 Å². The van der Waals surface area contributed by atoms with Gasteiger partial charge in [0.25, 0.3) is 5.56 Å². The van der Waals surface area contributed by atoms with Crippen LogP contribution in [-0.4, -0.2) is 18.9 Å². The third kappa shape index (κ3) is 2.46. The number of imidazole rings is 1. The summed E-state index contributed by atoms with van der Waals surface area (Å²) in [7, 11) is 1.95. The zero-order chi connectivity index (χ0) is 13.9. The van der Waals surface area contributed by atoms with Crippen molar-refractivity contribution in [2.75, 3.05) is 0 Å². The molecular formula is C14H15N5O. The summed E-state index contributed by atoms with van der Waals surface area (Å²) in [5.41, 5.74) is 1.33. The molecule has 0 saturated carbocycles. The summed E-state index contributed by atoms with van der Waals surface area (Å²) in [5.74, 6) is 0.947. The largest absolute Gasteiger partial charge is 0.337 e. The van der Waals surface area contributed by atoms with Gasteiger partial charge in [-0.15, -0.1) is 0 Å². The topological polar surface area (TPSA) is 64.2 Å². The maximum Gasteiger partial charge on any atom is 0.258 e. The van der Waals surface area contributed by atoms with Crippen LogP contribution in [0.2, 0.25) is 0 Å². The lowest BCUT2D eigenvalue weighted by molar-refractivity contribution is 0.630. The van der Waals surface area contributed by atoms with Crippen molar-refractivity contribution >= 4 is 5.65 Å². The van der Waals surface area contributed by atoms with Gasteiger partial charge in [0.15, 0.2) is 0 Å². The lowest BCUT2D eigenvalue weighted by atomic mass is 10.3. The predicted octanol–water partition coefficient (Wildman–Crippen LogP) is 0.718. The Balaban J connectivity index is 1.75. The third-order valence-electron chi connectivity index (χ3n) is 3.13. The standard InChI is InChI=1S/C14H15N5O/c1-18-7-5-16-13(18)10-15-9-11-8-14(20)19-6-3-2-4-12(19)17-11/h2-8,15H,9-10H2,1H3. The Morgan fingerprint density at radius 1 is 1.25 bits per heavy atom. The first-order valence-corrected chi connectivity index (χ1v) is 6.38. The second-order valence-corrected chi connectivity index (χ2v) is 4.57. The number of pyridine rings is 1. The van der Waals surface area contributed by atoms with E-state index in [1.54, 1.807) is 18.5 Å². The molecular weight excluding hydrogens is 254 g/mol. The van der Waals surface area contributed by atoms with Crippen LogP contribution in [0.3, 0.4) is 0 Å². The van der Waals surface area contributed by atoms with E-state index in [1.807, 2.05) is 36.0 Å². The smallest absolute Gasteiger partial charge is 0.258 e. The number of aryl methyl sites for hydroxylation is 1. The van der Waals surface area contributed by atoms with Crippen LogP contribution in [0.1, 0.15) is 11.5 Å². The van der Waals surface area contributed by atoms with Crippen LogP contribution in [-0.2, 0) is 20.1 Å². The van der Waals surface area contributed by atoms with E-state index in [9.17, 15) is 4.79 Å². The molecule has 0 aliphatic carbocycles. The Labute approximate surface area is 115 Å². The molecule has 6 nitrogen and oxygen atoms in total. The Bertz CT molecular complexity index is 789. The van der Waals surface area contributed by atoms with Gasteiger partial charge >= 0.3 is 0 Å². The molecule has 0 spiro atoms. The van der Waals surface area contributed by atoms with E-state index in [0.29, 0.717) is 18.7 Å². The van der Waals surface area contributed by atoms with Crippen LogP contribution in [0.25, 0.3) is 5.65 Å². The Morgan fingerprint density at radius 3 is 2.95 bits per heavy atom. The van der Waals surface area contributed by atoms with Crippen LogP contribution < -0.4 is 10.9 Å². The first-order chi connectivity index (χ1) is 9.74. The highest BCUT2D eigenvalue weighted by molar-refractivity contribution is 5.37. The molecule has 102 valence electrons. The van der Waals surface area contributed by atoms with Crippen molar-refractivity contribution < 1.29 is 0 Å². The molecule has 3 heterocycles. The van der Waals surface area contributed by atoms with Gasteiger partial charge in [0, 0.05) is 38.2 Å². The average Bonchev–Trinajstić information content (AvgIpc) is 2.85. The third-order valence-corrected chi connectivity index (χ3v) is 3.13. The Morgan fingerprint density at radius 2 is 2.15 bits per heavy atom. The van der Waals surface area contributed by atoms with Gasteiger partial charge in [-0.3, -0.25) is 9.20 Å². The highest BCUT2D eigenvalue weighted by Crippen LogP contribution is 1.99. The van der Waals surface area contributed by atoms with Gasteiger partial charge in [-0.2, -0.15) is 0 Å². The summed E-state index contributed by atoms with van der Waals surface area (Å²) in [6, 6.07) is 7.06. The zero-order valence-electron chi connectivity index (χ0n) is 11.2. The fraction of sp³-hybridized carbons (Fsp3) is 0.214. The molecule has 0 saturated heterocycles. The molecule has 0 amide bonds. The predicted molar refractivity (Wildman–Crippen MR) is 75.2 cm³/mol. The molecule has 6 heteroatoms. The molecule has 0 bridgehead atoms. The maximum atomic E-state index is 11.9. The van der Waals surface area contributed by atoms with E-state index in [0.717, 1.165) is 11.5 Å². The second kappa shape index (κ2) is 5.26. The number of nitrogens with one attached hydrogen (secondary N) is 1. The molecule has 0 aliphatic rings. The van der Waals surface area contributed by atoms with Crippen LogP contribution in [0.4, 0.5) is 0 Å². The summed E-state index contributed by atoms with van der Waals surface area (Å²) < 4.78 is 3.48. The van der Waals surface area contributed by atoms with E-state index in [1.165, 1.54) is 4.40 Å². The first kappa shape index (κ1) is 12.6. The number of hydrogen-bond donors (Lipinski definition) is 1. The number of hydrogen-bond acceptors (Lipinski definition) is 4. The number of rotatable bonds is 4. The molecule has 0 atom stereocenters. The highest BCUT2D eigenvalue weighted by Gasteiger charge is 2.03. The van der Waals surface area contributed by atoms with Crippen molar-refractivity contribution in [3.05, 3.63) is 64.7 Å². The van der Waals surface area contributed by atoms with Gasteiger partial charge in [0.05, 0.1) is 12.2 Å². The van der Waals surface area contributed by atoms with Crippen LogP contribution in [0, 0.1) is 0 Å².